The molecule has 27 heavy (non-hydrogen) atoms. The van der Waals surface area contributed by atoms with E-state index >= 15 is 0 Å². The van der Waals surface area contributed by atoms with Crippen LogP contribution in [0.3, 0.4) is 0 Å². The fourth-order valence-electron chi connectivity index (χ4n) is 2.75. The summed E-state index contributed by atoms with van der Waals surface area (Å²) in [4.78, 5) is 16.4. The molecule has 0 saturated heterocycles. The molecule has 0 spiro atoms. The van der Waals surface area contributed by atoms with Crippen molar-refractivity contribution < 1.29 is 9.53 Å². The molecule has 0 N–H and O–H groups in total. The first-order chi connectivity index (χ1) is 13.3. The lowest BCUT2D eigenvalue weighted by Crippen LogP contribution is -2.06. The summed E-state index contributed by atoms with van der Waals surface area (Å²) in [6, 6.07) is 22.0. The van der Waals surface area contributed by atoms with Crippen molar-refractivity contribution in [1.82, 2.24) is 14.8 Å². The Kier molecular flexibility index (Phi) is 4.80. The Morgan fingerprint density at radius 3 is 2.37 bits per heavy atom. The highest BCUT2D eigenvalue weighted by Crippen LogP contribution is 2.29. The molecule has 2 heterocycles. The van der Waals surface area contributed by atoms with Gasteiger partial charge in [0, 0.05) is 16.5 Å². The predicted octanol–water partition coefficient (Wildman–Crippen LogP) is 4.84. The minimum atomic E-state index is -0.420. The summed E-state index contributed by atoms with van der Waals surface area (Å²) in [6.07, 6.45) is 0. The third-order valence-electron chi connectivity index (χ3n) is 4.01. The third-order valence-corrected chi connectivity index (χ3v) is 4.82. The van der Waals surface area contributed by atoms with Crippen LogP contribution in [-0.4, -0.2) is 27.3 Å². The first-order valence-corrected chi connectivity index (χ1v) is 9.48. The van der Waals surface area contributed by atoms with Crippen molar-refractivity contribution >= 4 is 17.3 Å². The molecule has 5 nitrogen and oxygen atoms in total. The van der Waals surface area contributed by atoms with E-state index in [1.807, 2.05) is 66.7 Å². The number of carbonyl (C=O) groups excluding carboxylic acids is 1. The molecular formula is C21H17N3O2S. The highest BCUT2D eigenvalue weighted by Gasteiger charge is 2.18. The van der Waals surface area contributed by atoms with Gasteiger partial charge in [0.2, 0.25) is 5.13 Å². The lowest BCUT2D eigenvalue weighted by Gasteiger charge is -2.03. The lowest BCUT2D eigenvalue weighted by molar-refractivity contribution is 0.0520. The van der Waals surface area contributed by atoms with Gasteiger partial charge in [0.15, 0.2) is 5.69 Å². The molecule has 0 aliphatic rings. The van der Waals surface area contributed by atoms with E-state index in [2.05, 4.69) is 4.98 Å². The molecule has 2 aromatic carbocycles. The SMILES string of the molecule is CCOC(=O)c1csc(-n2nc(-c3ccccc3)cc2-c2ccccc2)n1. The molecule has 0 unspecified atom stereocenters. The second-order valence-electron chi connectivity index (χ2n) is 5.79. The largest absolute Gasteiger partial charge is 0.461 e. The van der Waals surface area contributed by atoms with Crippen molar-refractivity contribution in [3.8, 4) is 27.6 Å². The van der Waals surface area contributed by atoms with Crippen LogP contribution in [0.25, 0.3) is 27.6 Å². The number of benzene rings is 2. The molecule has 0 atom stereocenters. The number of esters is 1. The van der Waals surface area contributed by atoms with Crippen molar-refractivity contribution in [2.75, 3.05) is 6.61 Å². The minimum absolute atomic E-state index is 0.299. The van der Waals surface area contributed by atoms with Crippen LogP contribution >= 0.6 is 11.3 Å². The van der Waals surface area contributed by atoms with Gasteiger partial charge in [0.05, 0.1) is 18.0 Å². The number of carbonyl (C=O) groups is 1. The van der Waals surface area contributed by atoms with Gasteiger partial charge >= 0.3 is 5.97 Å². The highest BCUT2D eigenvalue weighted by atomic mass is 32.1. The number of hydrogen-bond donors (Lipinski definition) is 0. The fourth-order valence-corrected chi connectivity index (χ4v) is 3.51. The zero-order valence-corrected chi connectivity index (χ0v) is 15.5. The Balaban J connectivity index is 1.82. The Morgan fingerprint density at radius 1 is 1.04 bits per heavy atom. The summed E-state index contributed by atoms with van der Waals surface area (Å²) in [7, 11) is 0. The zero-order valence-electron chi connectivity index (χ0n) is 14.7. The van der Waals surface area contributed by atoms with Crippen LogP contribution in [-0.2, 0) is 4.74 Å². The van der Waals surface area contributed by atoms with E-state index in [9.17, 15) is 4.79 Å². The zero-order chi connectivity index (χ0) is 18.6. The number of rotatable bonds is 5. The molecule has 0 bridgehead atoms. The number of nitrogens with zero attached hydrogens (tertiary/aromatic N) is 3. The first-order valence-electron chi connectivity index (χ1n) is 8.60. The van der Waals surface area contributed by atoms with Crippen LogP contribution in [0.1, 0.15) is 17.4 Å². The average Bonchev–Trinajstić information content (AvgIpc) is 3.37. The molecule has 0 fully saturated rings. The van der Waals surface area contributed by atoms with Gasteiger partial charge in [-0.15, -0.1) is 11.3 Å². The van der Waals surface area contributed by atoms with Gasteiger partial charge in [-0.25, -0.2) is 14.5 Å². The summed E-state index contributed by atoms with van der Waals surface area (Å²) in [5, 5.41) is 7.08. The average molecular weight is 375 g/mol. The molecule has 4 aromatic rings. The van der Waals surface area contributed by atoms with Crippen LogP contribution < -0.4 is 0 Å². The monoisotopic (exact) mass is 375 g/mol. The smallest absolute Gasteiger partial charge is 0.357 e. The second-order valence-corrected chi connectivity index (χ2v) is 6.63. The molecule has 4 rings (SSSR count). The summed E-state index contributed by atoms with van der Waals surface area (Å²) < 4.78 is 6.82. The standard InChI is InChI=1S/C21H17N3O2S/c1-2-26-20(25)18-14-27-21(22-18)24-19(16-11-7-4-8-12-16)13-17(23-24)15-9-5-3-6-10-15/h3-14H,2H2,1H3. The summed E-state index contributed by atoms with van der Waals surface area (Å²) >= 11 is 1.36. The normalized spacial score (nSPS) is 10.7. The van der Waals surface area contributed by atoms with E-state index in [1.54, 1.807) is 17.0 Å². The van der Waals surface area contributed by atoms with Gasteiger partial charge in [-0.1, -0.05) is 60.7 Å². The minimum Gasteiger partial charge on any atom is -0.461 e. The predicted molar refractivity (Wildman–Crippen MR) is 106 cm³/mol. The Labute approximate surface area is 160 Å². The molecular weight excluding hydrogens is 358 g/mol. The van der Waals surface area contributed by atoms with E-state index in [0.29, 0.717) is 17.4 Å². The van der Waals surface area contributed by atoms with Crippen molar-refractivity contribution in [2.24, 2.45) is 0 Å². The van der Waals surface area contributed by atoms with Crippen molar-refractivity contribution in [3.05, 3.63) is 77.8 Å². The van der Waals surface area contributed by atoms with E-state index in [0.717, 1.165) is 22.5 Å². The Morgan fingerprint density at radius 2 is 1.70 bits per heavy atom. The number of ether oxygens (including phenoxy) is 1. The first kappa shape index (κ1) is 17.2. The molecule has 134 valence electrons. The Bertz CT molecular complexity index is 1060. The maximum atomic E-state index is 12.0. The van der Waals surface area contributed by atoms with Gasteiger partial charge in [0.25, 0.3) is 0 Å². The molecule has 0 saturated carbocycles. The summed E-state index contributed by atoms with van der Waals surface area (Å²) in [5.74, 6) is -0.420. The summed E-state index contributed by atoms with van der Waals surface area (Å²) in [5.41, 5.74) is 4.12. The van der Waals surface area contributed by atoms with Gasteiger partial charge < -0.3 is 4.74 Å². The van der Waals surface area contributed by atoms with Gasteiger partial charge in [-0.05, 0) is 13.0 Å². The van der Waals surface area contributed by atoms with E-state index in [-0.39, 0.29) is 0 Å². The quantitative estimate of drug-likeness (QED) is 0.468. The number of aromatic nitrogens is 3. The maximum absolute atomic E-state index is 12.0. The third kappa shape index (κ3) is 3.52. The second kappa shape index (κ2) is 7.55. The van der Waals surface area contributed by atoms with Crippen LogP contribution in [0.15, 0.2) is 72.1 Å². The topological polar surface area (TPSA) is 57.0 Å². The number of hydrogen-bond acceptors (Lipinski definition) is 5. The molecule has 0 radical (unpaired) electrons. The van der Waals surface area contributed by atoms with Crippen molar-refractivity contribution in [3.63, 3.8) is 0 Å². The molecule has 0 aliphatic carbocycles. The van der Waals surface area contributed by atoms with E-state index in [4.69, 9.17) is 9.84 Å². The van der Waals surface area contributed by atoms with Crippen LogP contribution in [0.2, 0.25) is 0 Å². The molecule has 0 aliphatic heterocycles. The van der Waals surface area contributed by atoms with E-state index < -0.39 is 5.97 Å². The maximum Gasteiger partial charge on any atom is 0.357 e. The van der Waals surface area contributed by atoms with E-state index in [1.165, 1.54) is 11.3 Å². The summed E-state index contributed by atoms with van der Waals surface area (Å²) in [6.45, 7) is 2.10. The molecule has 6 heteroatoms. The van der Waals surface area contributed by atoms with Crippen LogP contribution in [0, 0.1) is 0 Å². The van der Waals surface area contributed by atoms with Gasteiger partial charge in [-0.3, -0.25) is 0 Å². The molecule has 2 aromatic heterocycles. The number of thiazole rings is 1. The van der Waals surface area contributed by atoms with Crippen LogP contribution in [0.4, 0.5) is 0 Å². The highest BCUT2D eigenvalue weighted by molar-refractivity contribution is 7.12. The Hall–Kier alpha value is -3.25. The lowest BCUT2D eigenvalue weighted by atomic mass is 10.1. The van der Waals surface area contributed by atoms with Crippen molar-refractivity contribution in [2.45, 2.75) is 6.92 Å². The molecule has 0 amide bonds. The fraction of sp³-hybridized carbons (Fsp3) is 0.0952. The van der Waals surface area contributed by atoms with Crippen molar-refractivity contribution in [1.29, 1.82) is 0 Å². The van der Waals surface area contributed by atoms with Crippen LogP contribution in [0.5, 0.6) is 0 Å². The van der Waals surface area contributed by atoms with Gasteiger partial charge in [-0.2, -0.15) is 5.10 Å². The van der Waals surface area contributed by atoms with Gasteiger partial charge in [0.1, 0.15) is 0 Å².